The molecule has 0 radical (unpaired) electrons. The molecule has 0 spiro atoms. The molecular weight excluding hydrogens is 192 g/mol. The van der Waals surface area contributed by atoms with E-state index in [-0.39, 0.29) is 12.5 Å². The van der Waals surface area contributed by atoms with Gasteiger partial charge >= 0.3 is 0 Å². The second-order valence-corrected chi connectivity index (χ2v) is 4.32. The van der Waals surface area contributed by atoms with Gasteiger partial charge in [0.15, 0.2) is 0 Å². The molecule has 1 amide bonds. The van der Waals surface area contributed by atoms with Crippen LogP contribution in [0.15, 0.2) is 0 Å². The number of rotatable bonds is 6. The number of nitrogens with two attached hydrogens (primary N) is 1. The van der Waals surface area contributed by atoms with Crippen LogP contribution < -0.4 is 5.73 Å². The van der Waals surface area contributed by atoms with E-state index >= 15 is 0 Å². The molecule has 88 valence electrons. The van der Waals surface area contributed by atoms with Gasteiger partial charge in [-0.15, -0.1) is 0 Å². The smallest absolute Gasteiger partial charge is 0.242 e. The molecule has 1 saturated carbocycles. The van der Waals surface area contributed by atoms with Crippen molar-refractivity contribution in [1.82, 2.24) is 4.90 Å². The third-order valence-corrected chi connectivity index (χ3v) is 3.28. The summed E-state index contributed by atoms with van der Waals surface area (Å²) in [5.74, 6) is 0.00375. The average Bonchev–Trinajstić information content (AvgIpc) is 3.07. The van der Waals surface area contributed by atoms with Gasteiger partial charge in [-0.25, -0.2) is 0 Å². The van der Waals surface area contributed by atoms with Gasteiger partial charge in [0.05, 0.1) is 12.1 Å². The zero-order valence-electron chi connectivity index (χ0n) is 9.70. The van der Waals surface area contributed by atoms with E-state index in [0.717, 1.165) is 12.8 Å². The number of amides is 1. The molecule has 1 fully saturated rings. The van der Waals surface area contributed by atoms with Crippen molar-refractivity contribution in [2.24, 2.45) is 5.73 Å². The fourth-order valence-electron chi connectivity index (χ4n) is 1.78. The molecule has 0 unspecified atom stereocenters. The van der Waals surface area contributed by atoms with Crippen molar-refractivity contribution >= 4 is 5.91 Å². The quantitative estimate of drug-likeness (QED) is 0.676. The second kappa shape index (κ2) is 4.94. The lowest BCUT2D eigenvalue weighted by molar-refractivity contribution is -0.138. The molecule has 3 N–H and O–H groups in total. The van der Waals surface area contributed by atoms with E-state index in [1.165, 1.54) is 0 Å². The molecule has 4 heteroatoms. The lowest BCUT2D eigenvalue weighted by Gasteiger charge is -2.33. The standard InChI is InChI=1S/C11H22N2O2/c1-3-11(12,4-2)10(15)13(7-8-14)9-5-6-9/h9,14H,3-8,12H2,1-2H3. The third-order valence-electron chi connectivity index (χ3n) is 3.28. The van der Waals surface area contributed by atoms with E-state index in [9.17, 15) is 4.79 Å². The topological polar surface area (TPSA) is 66.6 Å². The van der Waals surface area contributed by atoms with Crippen LogP contribution in [0.3, 0.4) is 0 Å². The van der Waals surface area contributed by atoms with Gasteiger partial charge in [-0.3, -0.25) is 4.79 Å². The Bertz CT molecular complexity index is 223. The Hall–Kier alpha value is -0.610. The minimum absolute atomic E-state index is 0.00375. The van der Waals surface area contributed by atoms with Crippen molar-refractivity contribution in [2.45, 2.75) is 51.1 Å². The zero-order valence-corrected chi connectivity index (χ0v) is 9.70. The zero-order chi connectivity index (χ0) is 11.5. The molecule has 1 rings (SSSR count). The average molecular weight is 214 g/mol. The summed E-state index contributed by atoms with van der Waals surface area (Å²) < 4.78 is 0. The van der Waals surface area contributed by atoms with E-state index < -0.39 is 5.54 Å². The Morgan fingerprint density at radius 2 is 2.00 bits per heavy atom. The Kier molecular flexibility index (Phi) is 4.11. The minimum atomic E-state index is -0.738. The first-order valence-corrected chi connectivity index (χ1v) is 5.79. The number of hydrogen-bond acceptors (Lipinski definition) is 3. The summed E-state index contributed by atoms with van der Waals surface area (Å²) in [6.07, 6.45) is 3.40. The summed E-state index contributed by atoms with van der Waals surface area (Å²) in [5, 5.41) is 8.94. The highest BCUT2D eigenvalue weighted by molar-refractivity contribution is 5.86. The number of carbonyl (C=O) groups is 1. The highest BCUT2D eigenvalue weighted by atomic mass is 16.3. The van der Waals surface area contributed by atoms with Gasteiger partial charge in [0, 0.05) is 12.6 Å². The first-order valence-electron chi connectivity index (χ1n) is 5.79. The van der Waals surface area contributed by atoms with Gasteiger partial charge in [0.2, 0.25) is 5.91 Å². The lowest BCUT2D eigenvalue weighted by Crippen LogP contribution is -2.55. The fraction of sp³-hybridized carbons (Fsp3) is 0.909. The molecule has 0 aromatic heterocycles. The summed E-state index contributed by atoms with van der Waals surface area (Å²) in [6, 6.07) is 0.325. The van der Waals surface area contributed by atoms with Crippen LogP contribution in [0.5, 0.6) is 0 Å². The van der Waals surface area contributed by atoms with E-state index in [2.05, 4.69) is 0 Å². The first kappa shape index (κ1) is 12.5. The molecule has 1 aliphatic rings. The van der Waals surface area contributed by atoms with Gasteiger partial charge in [-0.1, -0.05) is 13.8 Å². The summed E-state index contributed by atoms with van der Waals surface area (Å²) >= 11 is 0. The number of hydrogen-bond donors (Lipinski definition) is 2. The van der Waals surface area contributed by atoms with Gasteiger partial charge in [-0.2, -0.15) is 0 Å². The molecule has 0 saturated heterocycles. The van der Waals surface area contributed by atoms with Gasteiger partial charge < -0.3 is 15.7 Å². The molecule has 15 heavy (non-hydrogen) atoms. The van der Waals surface area contributed by atoms with E-state index in [0.29, 0.717) is 25.4 Å². The number of nitrogens with zero attached hydrogens (tertiary/aromatic N) is 1. The molecule has 1 aliphatic carbocycles. The van der Waals surface area contributed by atoms with Crippen LogP contribution in [0.25, 0.3) is 0 Å². The Balaban J connectivity index is 2.69. The van der Waals surface area contributed by atoms with Crippen molar-refractivity contribution < 1.29 is 9.90 Å². The molecule has 0 bridgehead atoms. The minimum Gasteiger partial charge on any atom is -0.395 e. The predicted molar refractivity (Wildman–Crippen MR) is 59.3 cm³/mol. The van der Waals surface area contributed by atoms with Crippen LogP contribution in [0.1, 0.15) is 39.5 Å². The molecule has 4 nitrogen and oxygen atoms in total. The molecule has 0 aromatic rings. The fourth-order valence-corrected chi connectivity index (χ4v) is 1.78. The van der Waals surface area contributed by atoms with Gasteiger partial charge in [0.1, 0.15) is 0 Å². The van der Waals surface area contributed by atoms with Crippen LogP contribution in [0.2, 0.25) is 0 Å². The molecular formula is C11H22N2O2. The van der Waals surface area contributed by atoms with E-state index in [1.54, 1.807) is 4.90 Å². The number of aliphatic hydroxyl groups is 1. The Morgan fingerprint density at radius 1 is 1.47 bits per heavy atom. The summed E-state index contributed by atoms with van der Waals surface area (Å²) in [6.45, 7) is 4.31. The van der Waals surface area contributed by atoms with Crippen molar-refractivity contribution in [3.63, 3.8) is 0 Å². The Morgan fingerprint density at radius 3 is 2.33 bits per heavy atom. The van der Waals surface area contributed by atoms with Gasteiger partial charge in [-0.05, 0) is 25.7 Å². The maximum atomic E-state index is 12.2. The first-order chi connectivity index (χ1) is 7.09. The molecule has 0 atom stereocenters. The predicted octanol–water partition coefficient (Wildman–Crippen LogP) is 0.487. The van der Waals surface area contributed by atoms with Crippen LogP contribution >= 0.6 is 0 Å². The van der Waals surface area contributed by atoms with Crippen molar-refractivity contribution in [3.05, 3.63) is 0 Å². The van der Waals surface area contributed by atoms with Crippen LogP contribution in [-0.2, 0) is 4.79 Å². The number of carbonyl (C=O) groups excluding carboxylic acids is 1. The third kappa shape index (κ3) is 2.69. The SMILES string of the molecule is CCC(N)(CC)C(=O)N(CCO)C1CC1. The Labute approximate surface area is 91.4 Å². The largest absolute Gasteiger partial charge is 0.395 e. The highest BCUT2D eigenvalue weighted by Crippen LogP contribution is 2.29. The second-order valence-electron chi connectivity index (χ2n) is 4.32. The van der Waals surface area contributed by atoms with Gasteiger partial charge in [0.25, 0.3) is 0 Å². The monoisotopic (exact) mass is 214 g/mol. The maximum absolute atomic E-state index is 12.2. The van der Waals surface area contributed by atoms with Crippen molar-refractivity contribution in [3.8, 4) is 0 Å². The van der Waals surface area contributed by atoms with E-state index in [1.807, 2.05) is 13.8 Å². The maximum Gasteiger partial charge on any atom is 0.242 e. The normalized spacial score (nSPS) is 16.5. The lowest BCUT2D eigenvalue weighted by atomic mass is 9.92. The highest BCUT2D eigenvalue weighted by Gasteiger charge is 2.40. The van der Waals surface area contributed by atoms with Crippen LogP contribution in [0.4, 0.5) is 0 Å². The summed E-state index contributed by atoms with van der Waals surface area (Å²) in [7, 11) is 0. The molecule has 0 aromatic carbocycles. The van der Waals surface area contributed by atoms with E-state index in [4.69, 9.17) is 10.8 Å². The summed E-state index contributed by atoms with van der Waals surface area (Å²) in [5.41, 5.74) is 5.33. The van der Waals surface area contributed by atoms with Crippen molar-refractivity contribution in [1.29, 1.82) is 0 Å². The summed E-state index contributed by atoms with van der Waals surface area (Å²) in [4.78, 5) is 13.9. The van der Waals surface area contributed by atoms with Crippen LogP contribution in [0, 0.1) is 0 Å². The molecule has 0 heterocycles. The molecule has 0 aliphatic heterocycles. The number of aliphatic hydroxyl groups excluding tert-OH is 1. The van der Waals surface area contributed by atoms with Crippen LogP contribution in [-0.4, -0.2) is 40.6 Å². The van der Waals surface area contributed by atoms with Crippen molar-refractivity contribution in [2.75, 3.05) is 13.2 Å².